The maximum atomic E-state index is 12.9. The van der Waals surface area contributed by atoms with Crippen molar-refractivity contribution < 1.29 is 9.18 Å². The first kappa shape index (κ1) is 15.8. The Kier molecular flexibility index (Phi) is 5.21. The summed E-state index contributed by atoms with van der Waals surface area (Å²) < 4.78 is 12.9. The van der Waals surface area contributed by atoms with Crippen LogP contribution in [0.25, 0.3) is 0 Å². The van der Waals surface area contributed by atoms with Gasteiger partial charge in [-0.3, -0.25) is 4.79 Å². The highest BCUT2D eigenvalue weighted by atomic mass is 35.5. The van der Waals surface area contributed by atoms with E-state index in [9.17, 15) is 9.18 Å². The molecule has 110 valence electrons. The van der Waals surface area contributed by atoms with Gasteiger partial charge in [-0.2, -0.15) is 0 Å². The molecule has 0 radical (unpaired) electrons. The minimum atomic E-state index is -0.438. The fourth-order valence-electron chi connectivity index (χ4n) is 1.85. The minimum absolute atomic E-state index is 0.180. The molecule has 2 nitrogen and oxygen atoms in total. The molecular weight excluding hydrogens is 312 g/mol. The van der Waals surface area contributed by atoms with Crippen LogP contribution in [0.2, 0.25) is 10.0 Å². The summed E-state index contributed by atoms with van der Waals surface area (Å²) in [5.74, 6) is -0.618. The number of benzene rings is 2. The van der Waals surface area contributed by atoms with E-state index in [2.05, 4.69) is 5.32 Å². The van der Waals surface area contributed by atoms with Crippen LogP contribution in [0.3, 0.4) is 0 Å². The van der Waals surface area contributed by atoms with Crippen molar-refractivity contribution in [3.8, 4) is 0 Å². The maximum absolute atomic E-state index is 12.9. The lowest BCUT2D eigenvalue weighted by atomic mass is 10.1. The van der Waals surface area contributed by atoms with Crippen LogP contribution in [-0.4, -0.2) is 5.91 Å². The van der Waals surface area contributed by atoms with Crippen molar-refractivity contribution in [1.29, 1.82) is 0 Å². The van der Waals surface area contributed by atoms with Crippen molar-refractivity contribution in [3.05, 3.63) is 63.4 Å². The molecule has 0 fully saturated rings. The van der Waals surface area contributed by atoms with Gasteiger partial charge in [0, 0.05) is 11.4 Å². The predicted octanol–water partition coefficient (Wildman–Crippen LogP) is 5.01. The molecule has 1 amide bonds. The van der Waals surface area contributed by atoms with Crippen LogP contribution in [0.4, 0.5) is 10.1 Å². The average molecular weight is 326 g/mol. The van der Waals surface area contributed by atoms with Crippen LogP contribution in [-0.2, 0) is 11.2 Å². The second kappa shape index (κ2) is 6.92. The van der Waals surface area contributed by atoms with Crippen molar-refractivity contribution in [2.45, 2.75) is 19.8 Å². The van der Waals surface area contributed by atoms with E-state index in [1.54, 1.807) is 0 Å². The minimum Gasteiger partial charge on any atom is -0.325 e. The summed E-state index contributed by atoms with van der Waals surface area (Å²) in [6.07, 6.45) is 0.873. The smallest absolute Gasteiger partial charge is 0.224 e. The molecule has 0 atom stereocenters. The highest BCUT2D eigenvalue weighted by Gasteiger charge is 2.07. The van der Waals surface area contributed by atoms with Crippen molar-refractivity contribution in [2.75, 3.05) is 5.32 Å². The third-order valence-corrected chi connectivity index (χ3v) is 3.80. The molecule has 0 spiro atoms. The first-order valence-corrected chi connectivity index (χ1v) is 7.21. The highest BCUT2D eigenvalue weighted by Crippen LogP contribution is 2.23. The van der Waals surface area contributed by atoms with E-state index in [0.717, 1.165) is 17.2 Å². The lowest BCUT2D eigenvalue weighted by Crippen LogP contribution is -2.12. The Bertz CT molecular complexity index is 673. The van der Waals surface area contributed by atoms with Crippen LogP contribution in [0.15, 0.2) is 36.4 Å². The van der Waals surface area contributed by atoms with E-state index in [1.165, 1.54) is 12.1 Å². The maximum Gasteiger partial charge on any atom is 0.224 e. The van der Waals surface area contributed by atoms with Gasteiger partial charge in [0.05, 0.1) is 10.7 Å². The lowest BCUT2D eigenvalue weighted by molar-refractivity contribution is -0.116. The van der Waals surface area contributed by atoms with Crippen LogP contribution in [0, 0.1) is 12.7 Å². The third kappa shape index (κ3) is 4.45. The molecule has 21 heavy (non-hydrogen) atoms. The number of amides is 1. The molecular formula is C16H14Cl2FNO. The van der Waals surface area contributed by atoms with E-state index >= 15 is 0 Å². The SMILES string of the molecule is Cc1ccc(CCC(=O)Nc2ccc(F)cc2Cl)cc1Cl. The second-order valence-corrected chi connectivity index (χ2v) is 5.57. The predicted molar refractivity (Wildman–Crippen MR) is 84.5 cm³/mol. The summed E-state index contributed by atoms with van der Waals surface area (Å²) in [6.45, 7) is 1.93. The number of aryl methyl sites for hydroxylation is 2. The average Bonchev–Trinajstić information content (AvgIpc) is 2.43. The van der Waals surface area contributed by atoms with Gasteiger partial charge in [-0.1, -0.05) is 35.3 Å². The van der Waals surface area contributed by atoms with Gasteiger partial charge in [-0.25, -0.2) is 4.39 Å². The lowest BCUT2D eigenvalue weighted by Gasteiger charge is -2.08. The molecule has 0 heterocycles. The van der Waals surface area contributed by atoms with E-state index in [-0.39, 0.29) is 10.9 Å². The van der Waals surface area contributed by atoms with Gasteiger partial charge in [0.25, 0.3) is 0 Å². The van der Waals surface area contributed by atoms with Crippen molar-refractivity contribution in [1.82, 2.24) is 0 Å². The molecule has 0 aliphatic rings. The number of nitrogens with one attached hydrogen (secondary N) is 1. The van der Waals surface area contributed by atoms with Crippen molar-refractivity contribution in [3.63, 3.8) is 0 Å². The monoisotopic (exact) mass is 325 g/mol. The highest BCUT2D eigenvalue weighted by molar-refractivity contribution is 6.33. The van der Waals surface area contributed by atoms with Gasteiger partial charge in [-0.15, -0.1) is 0 Å². The topological polar surface area (TPSA) is 29.1 Å². The van der Waals surface area contributed by atoms with Gasteiger partial charge in [-0.05, 0) is 48.7 Å². The summed E-state index contributed by atoms with van der Waals surface area (Å²) in [7, 11) is 0. The summed E-state index contributed by atoms with van der Waals surface area (Å²) in [4.78, 5) is 11.9. The number of carbonyl (C=O) groups is 1. The first-order chi connectivity index (χ1) is 9.95. The zero-order valence-corrected chi connectivity index (χ0v) is 12.9. The second-order valence-electron chi connectivity index (χ2n) is 4.76. The summed E-state index contributed by atoms with van der Waals surface area (Å²) >= 11 is 11.9. The van der Waals surface area contributed by atoms with Gasteiger partial charge in [0.15, 0.2) is 0 Å². The fraction of sp³-hybridized carbons (Fsp3) is 0.188. The zero-order chi connectivity index (χ0) is 15.4. The van der Waals surface area contributed by atoms with E-state index in [4.69, 9.17) is 23.2 Å². The molecule has 0 unspecified atom stereocenters. The number of halogens is 3. The molecule has 0 aliphatic heterocycles. The first-order valence-electron chi connectivity index (χ1n) is 6.45. The molecule has 0 aliphatic carbocycles. The molecule has 0 saturated carbocycles. The van der Waals surface area contributed by atoms with E-state index in [1.807, 2.05) is 25.1 Å². The Morgan fingerprint density at radius 1 is 1.14 bits per heavy atom. The molecule has 1 N–H and O–H groups in total. The quantitative estimate of drug-likeness (QED) is 0.840. The normalized spacial score (nSPS) is 10.5. The number of carbonyl (C=O) groups excluding carboxylic acids is 1. The molecule has 0 saturated heterocycles. The third-order valence-electron chi connectivity index (χ3n) is 3.08. The Morgan fingerprint density at radius 3 is 2.57 bits per heavy atom. The number of anilines is 1. The van der Waals surface area contributed by atoms with Crippen molar-refractivity contribution in [2.24, 2.45) is 0 Å². The van der Waals surface area contributed by atoms with E-state index in [0.29, 0.717) is 23.6 Å². The Morgan fingerprint density at radius 2 is 1.90 bits per heavy atom. The standard InChI is InChI=1S/C16H14Cl2FNO/c1-10-2-3-11(8-13(10)17)4-7-16(21)20-15-6-5-12(19)9-14(15)18/h2-3,5-6,8-9H,4,7H2,1H3,(H,20,21). The van der Waals surface area contributed by atoms with E-state index < -0.39 is 5.82 Å². The zero-order valence-electron chi connectivity index (χ0n) is 11.4. The number of rotatable bonds is 4. The largest absolute Gasteiger partial charge is 0.325 e. The molecule has 2 aromatic rings. The number of hydrogen-bond acceptors (Lipinski definition) is 1. The van der Waals surface area contributed by atoms with Crippen LogP contribution < -0.4 is 5.32 Å². The van der Waals surface area contributed by atoms with Crippen LogP contribution in [0.1, 0.15) is 17.5 Å². The Labute approximate surface area is 132 Å². The van der Waals surface area contributed by atoms with Crippen LogP contribution >= 0.6 is 23.2 Å². The van der Waals surface area contributed by atoms with Gasteiger partial charge < -0.3 is 5.32 Å². The summed E-state index contributed by atoms with van der Waals surface area (Å²) in [5.41, 5.74) is 2.40. The van der Waals surface area contributed by atoms with Gasteiger partial charge in [0.2, 0.25) is 5.91 Å². The van der Waals surface area contributed by atoms with Crippen LogP contribution in [0.5, 0.6) is 0 Å². The molecule has 2 rings (SSSR count). The molecule has 5 heteroatoms. The summed E-state index contributed by atoms with van der Waals surface area (Å²) in [5, 5.41) is 3.53. The molecule has 0 aromatic heterocycles. The molecule has 0 bridgehead atoms. The Hall–Kier alpha value is -1.58. The Balaban J connectivity index is 1.94. The van der Waals surface area contributed by atoms with Gasteiger partial charge >= 0.3 is 0 Å². The van der Waals surface area contributed by atoms with Crippen molar-refractivity contribution >= 4 is 34.8 Å². The molecule has 2 aromatic carbocycles. The summed E-state index contributed by atoms with van der Waals surface area (Å²) in [6, 6.07) is 9.58. The number of hydrogen-bond donors (Lipinski definition) is 1. The van der Waals surface area contributed by atoms with Gasteiger partial charge in [0.1, 0.15) is 5.82 Å². The fourth-order valence-corrected chi connectivity index (χ4v) is 2.27.